The Morgan fingerprint density at radius 1 is 0.743 bits per heavy atom. The zero-order valence-corrected chi connectivity index (χ0v) is 20.2. The Labute approximate surface area is 205 Å². The Morgan fingerprint density at radius 2 is 1.11 bits per heavy atom. The number of nitro groups is 1. The first-order chi connectivity index (χ1) is 17.1. The van der Waals surface area contributed by atoms with Gasteiger partial charge in [0.25, 0.3) is 0 Å². The van der Waals surface area contributed by atoms with Crippen LogP contribution in [0.25, 0.3) is 0 Å². The molecular formula is C29H26NO4P. The van der Waals surface area contributed by atoms with Crippen molar-refractivity contribution in [3.05, 3.63) is 144 Å². The van der Waals surface area contributed by atoms with Crippen molar-refractivity contribution < 1.29 is 14.5 Å². The molecule has 0 bridgehead atoms. The number of rotatable bonds is 9. The number of nitrogens with zero attached hydrogens (tertiary/aromatic N) is 1. The average Bonchev–Trinajstić information content (AvgIpc) is 2.92. The van der Waals surface area contributed by atoms with Crippen LogP contribution in [0.2, 0.25) is 0 Å². The minimum absolute atomic E-state index is 0.455. The summed E-state index contributed by atoms with van der Waals surface area (Å²) >= 11 is 0. The van der Waals surface area contributed by atoms with Crippen LogP contribution in [0, 0.1) is 16.7 Å². The molecule has 0 saturated carbocycles. The second-order valence-corrected chi connectivity index (χ2v) is 11.6. The van der Waals surface area contributed by atoms with Crippen LogP contribution in [0.5, 0.6) is 0 Å². The van der Waals surface area contributed by atoms with Gasteiger partial charge in [-0.2, -0.15) is 0 Å². The van der Waals surface area contributed by atoms with E-state index in [1.165, 1.54) is 7.11 Å². The number of ether oxygens (including phenoxy) is 1. The number of hydrogen-bond acceptors (Lipinski definition) is 4. The summed E-state index contributed by atoms with van der Waals surface area (Å²) in [4.78, 5) is 25.3. The van der Waals surface area contributed by atoms with Crippen molar-refractivity contribution in [2.45, 2.75) is 11.6 Å². The number of carbonyl (C=O) groups is 1. The largest absolute Gasteiger partial charge is 0.466 e. The average molecular weight is 484 g/mol. The SMILES string of the molecule is COC(=O)C(C([CH-][N+](=O)[O-])c1ccccc1)[P+](c1ccccc1)(c1ccccc1)c1ccccc1. The van der Waals surface area contributed by atoms with Crippen molar-refractivity contribution >= 4 is 29.1 Å². The first-order valence-corrected chi connectivity index (χ1v) is 13.1. The number of hydrogen-bond donors (Lipinski definition) is 0. The zero-order valence-electron chi connectivity index (χ0n) is 19.3. The van der Waals surface area contributed by atoms with E-state index in [0.717, 1.165) is 22.5 Å². The standard InChI is InChI=1S/C29H26NO4P/c1-34-29(31)28(27(22-30(32)33)23-14-6-2-7-15-23)35(24-16-8-3-9-17-24,25-18-10-4-11-19-25)26-20-12-5-13-21-26/h2-22,27-28H,1H3. The van der Waals surface area contributed by atoms with Crippen molar-refractivity contribution in [2.24, 2.45) is 0 Å². The number of carbonyl (C=O) groups excluding carboxylic acids is 1. The molecule has 6 heteroatoms. The fourth-order valence-corrected chi connectivity index (χ4v) is 9.68. The van der Waals surface area contributed by atoms with Crippen LogP contribution in [0.3, 0.4) is 0 Å². The molecule has 35 heavy (non-hydrogen) atoms. The fourth-order valence-electron chi connectivity index (χ4n) is 4.74. The summed E-state index contributed by atoms with van der Waals surface area (Å²) in [5, 5.41) is 14.8. The maximum absolute atomic E-state index is 13.8. The molecule has 0 aromatic heterocycles. The molecule has 0 fully saturated rings. The van der Waals surface area contributed by atoms with Gasteiger partial charge in [0, 0.05) is 0 Å². The molecule has 5 nitrogen and oxygen atoms in total. The first-order valence-electron chi connectivity index (χ1n) is 11.3. The minimum Gasteiger partial charge on any atom is -0.466 e. The quantitative estimate of drug-likeness (QED) is 0.113. The Kier molecular flexibility index (Phi) is 7.59. The Morgan fingerprint density at radius 3 is 1.46 bits per heavy atom. The van der Waals surface area contributed by atoms with Gasteiger partial charge in [0.05, 0.1) is 7.11 Å². The van der Waals surface area contributed by atoms with Crippen molar-refractivity contribution in [2.75, 3.05) is 7.11 Å². The molecule has 4 rings (SSSR count). The maximum Gasteiger partial charge on any atom is 0.346 e. The molecule has 4 aromatic carbocycles. The topological polar surface area (TPSA) is 69.4 Å². The van der Waals surface area contributed by atoms with E-state index in [9.17, 15) is 14.9 Å². The van der Waals surface area contributed by atoms with Crippen LogP contribution in [0.15, 0.2) is 121 Å². The molecule has 0 saturated heterocycles. The third-order valence-electron chi connectivity index (χ3n) is 6.16. The molecule has 0 aliphatic heterocycles. The number of benzene rings is 4. The van der Waals surface area contributed by atoms with Gasteiger partial charge in [0.15, 0.2) is 5.66 Å². The lowest BCUT2D eigenvalue weighted by atomic mass is 9.95. The van der Waals surface area contributed by atoms with Crippen molar-refractivity contribution in [3.63, 3.8) is 0 Å². The highest BCUT2D eigenvalue weighted by Gasteiger charge is 2.58. The van der Waals surface area contributed by atoms with Gasteiger partial charge in [-0.25, -0.2) is 4.79 Å². The fraction of sp³-hybridized carbons (Fsp3) is 0.103. The normalized spacial score (nSPS) is 12.8. The molecule has 176 valence electrons. The molecule has 0 N–H and O–H groups in total. The van der Waals surface area contributed by atoms with E-state index < -0.39 is 29.7 Å². The van der Waals surface area contributed by atoms with Crippen LogP contribution in [0.1, 0.15) is 11.5 Å². The van der Waals surface area contributed by atoms with Gasteiger partial charge < -0.3 is 4.74 Å². The molecular weight excluding hydrogens is 457 g/mol. The number of esters is 1. The first kappa shape index (κ1) is 24.2. The minimum atomic E-state index is -2.82. The highest BCUT2D eigenvalue weighted by Crippen LogP contribution is 2.63. The van der Waals surface area contributed by atoms with E-state index >= 15 is 0 Å². The zero-order chi connectivity index (χ0) is 24.7. The van der Waals surface area contributed by atoms with E-state index in [1.807, 2.05) is 121 Å². The van der Waals surface area contributed by atoms with E-state index in [4.69, 9.17) is 4.74 Å². The molecule has 2 atom stereocenters. The summed E-state index contributed by atoms with van der Waals surface area (Å²) in [5.74, 6) is -1.31. The monoisotopic (exact) mass is 483 g/mol. The summed E-state index contributed by atoms with van der Waals surface area (Å²) in [6.45, 7) is 1.04. The lowest BCUT2D eigenvalue weighted by Gasteiger charge is -2.39. The Balaban J connectivity index is 2.14. The highest BCUT2D eigenvalue weighted by atomic mass is 31.2. The predicted molar refractivity (Wildman–Crippen MR) is 141 cm³/mol. The predicted octanol–water partition coefficient (Wildman–Crippen LogP) is 4.74. The smallest absolute Gasteiger partial charge is 0.346 e. The van der Waals surface area contributed by atoms with Crippen LogP contribution in [0.4, 0.5) is 0 Å². The molecule has 0 amide bonds. The lowest BCUT2D eigenvalue weighted by molar-refractivity contribution is -0.440. The summed E-state index contributed by atoms with van der Waals surface area (Å²) in [5.41, 5.74) is -0.181. The van der Waals surface area contributed by atoms with Crippen LogP contribution >= 0.6 is 7.26 Å². The van der Waals surface area contributed by atoms with E-state index in [2.05, 4.69) is 0 Å². The van der Waals surface area contributed by atoms with Gasteiger partial charge >= 0.3 is 5.97 Å². The molecule has 4 aromatic rings. The maximum atomic E-state index is 13.8. The van der Waals surface area contributed by atoms with Gasteiger partial charge in [-0.1, -0.05) is 90.5 Å². The van der Waals surface area contributed by atoms with Crippen LogP contribution < -0.4 is 15.9 Å². The number of methoxy groups -OCH3 is 1. The summed E-state index contributed by atoms with van der Waals surface area (Å²) in [6.07, 6.45) is 0. The highest BCUT2D eigenvalue weighted by molar-refractivity contribution is 7.96. The van der Waals surface area contributed by atoms with E-state index in [1.54, 1.807) is 0 Å². The van der Waals surface area contributed by atoms with Gasteiger partial charge in [-0.05, 0) is 48.9 Å². The third-order valence-corrected chi connectivity index (χ3v) is 10.9. The van der Waals surface area contributed by atoms with Gasteiger partial charge in [0.2, 0.25) is 0 Å². The van der Waals surface area contributed by atoms with Crippen molar-refractivity contribution in [1.82, 2.24) is 0 Å². The van der Waals surface area contributed by atoms with E-state index in [0.29, 0.717) is 5.56 Å². The van der Waals surface area contributed by atoms with Gasteiger partial charge in [-0.3, -0.25) is 10.1 Å². The lowest BCUT2D eigenvalue weighted by Crippen LogP contribution is -2.46. The van der Waals surface area contributed by atoms with Gasteiger partial charge in [-0.15, -0.1) is 4.92 Å². The van der Waals surface area contributed by atoms with Crippen LogP contribution in [-0.2, 0) is 9.53 Å². The molecule has 0 aliphatic carbocycles. The summed E-state index contributed by atoms with van der Waals surface area (Å²) in [6, 6.07) is 38.7. The second kappa shape index (κ2) is 11.0. The Hall–Kier alpha value is -3.95. The van der Waals surface area contributed by atoms with E-state index in [-0.39, 0.29) is 0 Å². The summed E-state index contributed by atoms with van der Waals surface area (Å²) in [7, 11) is -1.48. The van der Waals surface area contributed by atoms with Crippen molar-refractivity contribution in [3.8, 4) is 0 Å². The molecule has 0 aliphatic rings. The molecule has 0 heterocycles. The molecule has 0 spiro atoms. The van der Waals surface area contributed by atoms with Gasteiger partial charge in [0.1, 0.15) is 23.2 Å². The van der Waals surface area contributed by atoms with Crippen molar-refractivity contribution in [1.29, 1.82) is 0 Å². The molecule has 2 unspecified atom stereocenters. The van der Waals surface area contributed by atoms with Crippen LogP contribution in [-0.4, -0.2) is 23.7 Å². The second-order valence-electron chi connectivity index (χ2n) is 8.07. The molecule has 0 radical (unpaired) electrons. The summed E-state index contributed by atoms with van der Waals surface area (Å²) < 4.78 is 5.41. The third kappa shape index (κ3) is 4.82. The Bertz CT molecular complexity index is 1150.